The monoisotopic (exact) mass is 713 g/mol. The quantitative estimate of drug-likeness (QED) is 0.284. The largest absolute Gasteiger partial charge is 0.444 e. The van der Waals surface area contributed by atoms with Crippen LogP contribution in [0.15, 0.2) is 41.2 Å². The first-order valence-electron chi connectivity index (χ1n) is 19.1. The van der Waals surface area contributed by atoms with Crippen LogP contribution in [0.3, 0.4) is 0 Å². The second kappa shape index (κ2) is 12.6. The van der Waals surface area contributed by atoms with Crippen molar-refractivity contribution >= 4 is 34.5 Å². The fraction of sp³-hybridized carbons (Fsp3) is 0.610. The molecule has 2 aromatic carbocycles. The van der Waals surface area contributed by atoms with Gasteiger partial charge in [0.1, 0.15) is 11.4 Å². The molecule has 4 fully saturated rings. The summed E-state index contributed by atoms with van der Waals surface area (Å²) in [5.41, 5.74) is 3.53. The Morgan fingerprint density at radius 2 is 1.59 bits per heavy atom. The van der Waals surface area contributed by atoms with E-state index < -0.39 is 11.0 Å². The predicted octanol–water partition coefficient (Wildman–Crippen LogP) is 7.28. The second-order valence-electron chi connectivity index (χ2n) is 17.6. The van der Waals surface area contributed by atoms with E-state index in [2.05, 4.69) is 51.4 Å². The van der Waals surface area contributed by atoms with Crippen molar-refractivity contribution in [1.82, 2.24) is 24.3 Å². The number of benzene rings is 2. The van der Waals surface area contributed by atoms with Crippen LogP contribution in [0.25, 0.3) is 16.6 Å². The predicted molar refractivity (Wildman–Crippen MR) is 200 cm³/mol. The molecule has 10 heteroatoms. The number of nitrogens with zero attached hydrogens (tertiary/aromatic N) is 5. The van der Waals surface area contributed by atoms with Gasteiger partial charge in [-0.05, 0) is 140 Å². The van der Waals surface area contributed by atoms with Gasteiger partial charge >= 0.3 is 6.09 Å². The van der Waals surface area contributed by atoms with Gasteiger partial charge in [0.25, 0.3) is 5.56 Å². The average molecular weight is 714 g/mol. The number of halogens is 1. The van der Waals surface area contributed by atoms with Crippen molar-refractivity contribution in [2.24, 2.45) is 11.3 Å². The van der Waals surface area contributed by atoms with E-state index in [1.807, 2.05) is 37.8 Å². The Morgan fingerprint density at radius 3 is 2.25 bits per heavy atom. The molecule has 0 unspecified atom stereocenters. The van der Waals surface area contributed by atoms with Crippen LogP contribution in [0.5, 0.6) is 0 Å². The molecular weight excluding hydrogens is 662 g/mol. The fourth-order valence-electron chi connectivity index (χ4n) is 9.81. The molecule has 2 amide bonds. The molecule has 51 heavy (non-hydrogen) atoms. The minimum Gasteiger partial charge on any atom is -0.444 e. The van der Waals surface area contributed by atoms with Crippen LogP contribution in [0.2, 0.25) is 5.02 Å². The lowest BCUT2D eigenvalue weighted by molar-refractivity contribution is -0.139. The molecular formula is C41H52ClN5O4. The molecule has 0 N–H and O–H groups in total. The molecule has 1 saturated carbocycles. The molecule has 9 nitrogen and oxygen atoms in total. The van der Waals surface area contributed by atoms with Crippen molar-refractivity contribution in [3.8, 4) is 5.69 Å². The Hall–Kier alpha value is -3.43. The van der Waals surface area contributed by atoms with Crippen LogP contribution in [-0.2, 0) is 14.9 Å². The topological polar surface area (TPSA) is 88.0 Å². The number of carbonyl (C=O) groups excluding carboxylic acids is 2. The molecule has 5 aliphatic rings. The number of carbonyl (C=O) groups is 2. The molecule has 5 heterocycles. The summed E-state index contributed by atoms with van der Waals surface area (Å²) in [6.07, 6.45) is 8.20. The van der Waals surface area contributed by atoms with E-state index in [-0.39, 0.29) is 17.6 Å². The third-order valence-corrected chi connectivity index (χ3v) is 13.2. The Balaban J connectivity index is 0.836. The molecule has 1 aliphatic carbocycles. The highest BCUT2D eigenvalue weighted by molar-refractivity contribution is 6.35. The van der Waals surface area contributed by atoms with E-state index in [4.69, 9.17) is 16.3 Å². The first-order chi connectivity index (χ1) is 24.2. The van der Waals surface area contributed by atoms with Crippen molar-refractivity contribution in [3.05, 3.63) is 68.7 Å². The highest BCUT2D eigenvalue weighted by Crippen LogP contribution is 2.52. The van der Waals surface area contributed by atoms with Crippen LogP contribution < -0.4 is 5.56 Å². The molecule has 3 aromatic rings. The van der Waals surface area contributed by atoms with E-state index >= 15 is 0 Å². The van der Waals surface area contributed by atoms with Gasteiger partial charge in [0.15, 0.2) is 0 Å². The van der Waals surface area contributed by atoms with Crippen molar-refractivity contribution in [3.63, 3.8) is 0 Å². The maximum atomic E-state index is 13.7. The van der Waals surface area contributed by atoms with E-state index in [0.717, 1.165) is 94.8 Å². The van der Waals surface area contributed by atoms with Crippen LogP contribution in [0, 0.1) is 11.3 Å². The smallest absolute Gasteiger partial charge is 0.410 e. The number of amides is 2. The van der Waals surface area contributed by atoms with Gasteiger partial charge in [-0.25, -0.2) is 4.79 Å². The van der Waals surface area contributed by atoms with Gasteiger partial charge in [-0.3, -0.25) is 14.2 Å². The summed E-state index contributed by atoms with van der Waals surface area (Å²) >= 11 is 6.45. The first kappa shape index (κ1) is 34.6. The Morgan fingerprint density at radius 1 is 0.902 bits per heavy atom. The number of ether oxygens (including phenoxy) is 1. The highest BCUT2D eigenvalue weighted by Gasteiger charge is 2.49. The fourth-order valence-corrected chi connectivity index (χ4v) is 10.1. The number of piperidine rings is 3. The van der Waals surface area contributed by atoms with Crippen LogP contribution in [0.1, 0.15) is 109 Å². The number of likely N-dealkylation sites (tertiary alicyclic amines) is 3. The zero-order valence-corrected chi connectivity index (χ0v) is 31.6. The van der Waals surface area contributed by atoms with Gasteiger partial charge in [-0.1, -0.05) is 29.8 Å². The SMILES string of the molecule is CC(C)(C)OC(=O)N1CCC2(CC1)CC(N1CCC(C(=O)N3CCC(c4ccc5c(c4)C(C)(C)c4nc(=O)c6c(Cl)cccc6n4-5)CC3)CC1)C2. The standard InChI is InChI=1S/C41H52ClN5O4/c1-39(2,3)51-38(50)46-21-15-41(16-22-46)24-29(25-41)44-17-13-27(14-18-44)36(49)45-19-11-26(12-20-45)28-9-10-32-30(23-28)40(4,5)37-43-35(48)34-31(42)7-6-8-33(34)47(32)37/h6-10,23,26-27,29H,11-22,24-25H2,1-5H3. The van der Waals surface area contributed by atoms with Crippen LogP contribution in [0.4, 0.5) is 4.79 Å². The maximum Gasteiger partial charge on any atom is 0.410 e. The third kappa shape index (κ3) is 6.16. The van der Waals surface area contributed by atoms with Crippen LogP contribution >= 0.6 is 11.6 Å². The van der Waals surface area contributed by atoms with Crippen LogP contribution in [-0.4, -0.2) is 87.2 Å². The van der Waals surface area contributed by atoms with Gasteiger partial charge in [0, 0.05) is 38.1 Å². The Kier molecular flexibility index (Phi) is 8.57. The number of hydrogen-bond acceptors (Lipinski definition) is 6. The van der Waals surface area contributed by atoms with Crippen molar-refractivity contribution in [1.29, 1.82) is 0 Å². The summed E-state index contributed by atoms with van der Waals surface area (Å²) in [5.74, 6) is 1.61. The number of rotatable bonds is 3. The van der Waals surface area contributed by atoms with E-state index in [0.29, 0.717) is 33.7 Å². The molecule has 0 radical (unpaired) electrons. The number of aromatic nitrogens is 2. The summed E-state index contributed by atoms with van der Waals surface area (Å²) in [5, 5.41) is 0.889. The van der Waals surface area contributed by atoms with Crippen molar-refractivity contribution < 1.29 is 14.3 Å². The maximum absolute atomic E-state index is 13.7. The van der Waals surface area contributed by atoms with Gasteiger partial charge in [-0.15, -0.1) is 0 Å². The summed E-state index contributed by atoms with van der Waals surface area (Å²) in [7, 11) is 0. The molecule has 3 saturated heterocycles. The summed E-state index contributed by atoms with van der Waals surface area (Å²) in [6.45, 7) is 15.3. The molecule has 0 atom stereocenters. The minimum absolute atomic E-state index is 0.127. The lowest BCUT2D eigenvalue weighted by Gasteiger charge is -2.56. The second-order valence-corrected chi connectivity index (χ2v) is 18.0. The molecule has 1 spiro atoms. The van der Waals surface area contributed by atoms with Crippen molar-refractivity contribution in [2.45, 2.75) is 109 Å². The van der Waals surface area contributed by atoms with E-state index in [1.165, 1.54) is 24.0 Å². The molecule has 0 bridgehead atoms. The minimum atomic E-state index is -0.456. The van der Waals surface area contributed by atoms with Gasteiger partial charge in [0.2, 0.25) is 5.91 Å². The summed E-state index contributed by atoms with van der Waals surface area (Å²) in [4.78, 5) is 50.5. The molecule has 8 rings (SSSR count). The summed E-state index contributed by atoms with van der Waals surface area (Å²) in [6, 6.07) is 12.9. The average Bonchev–Trinajstić information content (AvgIpc) is 3.31. The lowest BCUT2D eigenvalue weighted by atomic mass is 9.59. The zero-order chi connectivity index (χ0) is 35.9. The van der Waals surface area contributed by atoms with Gasteiger partial charge in [-0.2, -0.15) is 4.98 Å². The number of fused-ring (bicyclic) bond motifs is 5. The normalized spacial score (nSPS) is 22.5. The van der Waals surface area contributed by atoms with E-state index in [1.54, 1.807) is 6.07 Å². The Bertz CT molecular complexity index is 1920. The van der Waals surface area contributed by atoms with Crippen molar-refractivity contribution in [2.75, 3.05) is 39.3 Å². The molecule has 1 aromatic heterocycles. The Labute approximate surface area is 306 Å². The third-order valence-electron chi connectivity index (χ3n) is 12.8. The lowest BCUT2D eigenvalue weighted by Crippen LogP contribution is -2.57. The molecule has 4 aliphatic heterocycles. The molecule has 272 valence electrons. The first-order valence-corrected chi connectivity index (χ1v) is 19.5. The summed E-state index contributed by atoms with van der Waals surface area (Å²) < 4.78 is 7.70. The van der Waals surface area contributed by atoms with Gasteiger partial charge < -0.3 is 19.4 Å². The highest BCUT2D eigenvalue weighted by atomic mass is 35.5. The zero-order valence-electron chi connectivity index (χ0n) is 30.8. The van der Waals surface area contributed by atoms with Gasteiger partial charge in [0.05, 0.1) is 27.0 Å². The van der Waals surface area contributed by atoms with E-state index in [9.17, 15) is 14.4 Å². The number of hydrogen-bond donors (Lipinski definition) is 0.